The Hall–Kier alpha value is -3.00. The highest BCUT2D eigenvalue weighted by Crippen LogP contribution is 2.14. The van der Waals surface area contributed by atoms with Crippen LogP contribution in [-0.2, 0) is 21.1 Å². The molecule has 0 aliphatic rings. The van der Waals surface area contributed by atoms with Gasteiger partial charge >= 0.3 is 6.01 Å². The zero-order valence-corrected chi connectivity index (χ0v) is 16.3. The molecule has 0 aliphatic heterocycles. The molecule has 1 amide bonds. The minimum absolute atomic E-state index is 0.0121. The number of hydrogen-bond donors (Lipinski definition) is 1. The molecule has 146 valence electrons. The molecule has 1 heterocycles. The van der Waals surface area contributed by atoms with Crippen molar-refractivity contribution < 1.29 is 17.6 Å². The first-order valence-corrected chi connectivity index (χ1v) is 10.5. The first-order valence-electron chi connectivity index (χ1n) is 8.88. The third kappa shape index (κ3) is 5.50. The van der Waals surface area contributed by atoms with Crippen LogP contribution in [0.1, 0.15) is 29.9 Å². The average molecular weight is 399 g/mol. The highest BCUT2D eigenvalue weighted by Gasteiger charge is 2.15. The molecule has 28 heavy (non-hydrogen) atoms. The summed E-state index contributed by atoms with van der Waals surface area (Å²) in [5.74, 6) is -0.0768. The van der Waals surface area contributed by atoms with E-state index in [-0.39, 0.29) is 35.4 Å². The molecular formula is C20H21N3O4S. The van der Waals surface area contributed by atoms with Gasteiger partial charge in [0.15, 0.2) is 9.84 Å². The number of sulfone groups is 1. The number of carbonyl (C=O) groups excluding carboxylic acids is 1. The Bertz CT molecular complexity index is 1030. The second-order valence-electron chi connectivity index (χ2n) is 6.45. The summed E-state index contributed by atoms with van der Waals surface area (Å²) in [6.07, 6.45) is 0.716. The van der Waals surface area contributed by atoms with Crippen LogP contribution in [-0.4, -0.2) is 30.3 Å². The monoisotopic (exact) mass is 399 g/mol. The van der Waals surface area contributed by atoms with E-state index in [2.05, 4.69) is 15.5 Å². The van der Waals surface area contributed by atoms with Crippen LogP contribution >= 0.6 is 0 Å². The van der Waals surface area contributed by atoms with Crippen molar-refractivity contribution in [1.82, 2.24) is 10.2 Å². The first-order chi connectivity index (χ1) is 13.4. The number of carbonyl (C=O) groups is 1. The molecule has 0 fully saturated rings. The summed E-state index contributed by atoms with van der Waals surface area (Å²) in [7, 11) is -3.39. The lowest BCUT2D eigenvalue weighted by molar-refractivity contribution is -0.116. The van der Waals surface area contributed by atoms with Crippen LogP contribution in [0.2, 0.25) is 0 Å². The van der Waals surface area contributed by atoms with Gasteiger partial charge in [-0.3, -0.25) is 10.1 Å². The molecule has 3 aromatic rings. The van der Waals surface area contributed by atoms with Gasteiger partial charge in [-0.1, -0.05) is 53.1 Å². The molecule has 0 spiro atoms. The van der Waals surface area contributed by atoms with E-state index in [0.29, 0.717) is 12.3 Å². The van der Waals surface area contributed by atoms with E-state index in [1.54, 1.807) is 30.3 Å². The molecule has 1 aromatic heterocycles. The van der Waals surface area contributed by atoms with Crippen LogP contribution in [0.5, 0.6) is 0 Å². The lowest BCUT2D eigenvalue weighted by atomic mass is 10.1. The van der Waals surface area contributed by atoms with E-state index in [1.807, 2.05) is 31.2 Å². The quantitative estimate of drug-likeness (QED) is 0.624. The Balaban J connectivity index is 1.47. The Morgan fingerprint density at radius 1 is 1.04 bits per heavy atom. The Labute approximate surface area is 163 Å². The molecular weight excluding hydrogens is 378 g/mol. The van der Waals surface area contributed by atoms with Crippen molar-refractivity contribution in [2.45, 2.75) is 31.1 Å². The fraction of sp³-hybridized carbons (Fsp3) is 0.250. The second kappa shape index (κ2) is 8.79. The standard InChI is InChI=1S/C20H21N3O4S/c1-15-9-11-16(12-10-15)14-19-22-23-20(27-19)21-18(24)8-5-13-28(25,26)17-6-3-2-4-7-17/h2-4,6-7,9-12H,5,8,13-14H2,1H3,(H,21,23,24). The van der Waals surface area contributed by atoms with Gasteiger partial charge in [-0.25, -0.2) is 8.42 Å². The molecule has 0 saturated carbocycles. The number of nitrogens with zero attached hydrogens (tertiary/aromatic N) is 2. The maximum atomic E-state index is 12.2. The predicted octanol–water partition coefficient (Wildman–Crippen LogP) is 3.16. The number of amides is 1. The van der Waals surface area contributed by atoms with Gasteiger partial charge in [-0.05, 0) is 31.0 Å². The van der Waals surface area contributed by atoms with Crippen molar-refractivity contribution in [3.05, 3.63) is 71.6 Å². The predicted molar refractivity (Wildman–Crippen MR) is 105 cm³/mol. The molecule has 8 heteroatoms. The Kier molecular flexibility index (Phi) is 6.20. The second-order valence-corrected chi connectivity index (χ2v) is 8.56. The summed E-state index contributed by atoms with van der Waals surface area (Å²) < 4.78 is 29.8. The van der Waals surface area contributed by atoms with Gasteiger partial charge in [0.05, 0.1) is 17.1 Å². The van der Waals surface area contributed by atoms with Crippen LogP contribution in [0.25, 0.3) is 0 Å². The third-order valence-electron chi connectivity index (χ3n) is 4.11. The Morgan fingerprint density at radius 3 is 2.46 bits per heavy atom. The van der Waals surface area contributed by atoms with Crippen LogP contribution in [0.4, 0.5) is 6.01 Å². The van der Waals surface area contributed by atoms with Crippen LogP contribution in [0.3, 0.4) is 0 Å². The number of anilines is 1. The fourth-order valence-electron chi connectivity index (χ4n) is 2.61. The van der Waals surface area contributed by atoms with Crippen molar-refractivity contribution in [2.24, 2.45) is 0 Å². The molecule has 0 atom stereocenters. The largest absolute Gasteiger partial charge is 0.407 e. The average Bonchev–Trinajstić information content (AvgIpc) is 3.11. The van der Waals surface area contributed by atoms with E-state index >= 15 is 0 Å². The van der Waals surface area contributed by atoms with Gasteiger partial charge in [-0.2, -0.15) is 0 Å². The van der Waals surface area contributed by atoms with E-state index in [0.717, 1.165) is 11.1 Å². The molecule has 0 bridgehead atoms. The van der Waals surface area contributed by atoms with Crippen molar-refractivity contribution in [3.63, 3.8) is 0 Å². The summed E-state index contributed by atoms with van der Waals surface area (Å²) in [6.45, 7) is 2.01. The van der Waals surface area contributed by atoms with Crippen molar-refractivity contribution in [2.75, 3.05) is 11.1 Å². The van der Waals surface area contributed by atoms with Gasteiger partial charge in [0.1, 0.15) is 0 Å². The number of nitrogens with one attached hydrogen (secondary N) is 1. The van der Waals surface area contributed by atoms with Crippen LogP contribution in [0.15, 0.2) is 63.9 Å². The fourth-order valence-corrected chi connectivity index (χ4v) is 3.94. The maximum absolute atomic E-state index is 12.2. The molecule has 0 saturated heterocycles. The summed E-state index contributed by atoms with van der Waals surface area (Å²) >= 11 is 0. The van der Waals surface area contributed by atoms with Crippen molar-refractivity contribution >= 4 is 21.8 Å². The molecule has 2 aromatic carbocycles. The zero-order valence-electron chi connectivity index (χ0n) is 15.5. The summed E-state index contributed by atoms with van der Waals surface area (Å²) in [5.41, 5.74) is 2.19. The van der Waals surface area contributed by atoms with Crippen molar-refractivity contribution in [1.29, 1.82) is 0 Å². The topological polar surface area (TPSA) is 102 Å². The van der Waals surface area contributed by atoms with E-state index in [1.165, 1.54) is 0 Å². The number of rotatable bonds is 8. The summed E-state index contributed by atoms with van der Waals surface area (Å²) in [4.78, 5) is 12.3. The van der Waals surface area contributed by atoms with Gasteiger partial charge in [0.25, 0.3) is 0 Å². The number of aryl methyl sites for hydroxylation is 1. The highest BCUT2D eigenvalue weighted by atomic mass is 32.2. The number of aromatic nitrogens is 2. The number of benzene rings is 2. The third-order valence-corrected chi connectivity index (χ3v) is 5.92. The summed E-state index contributed by atoms with van der Waals surface area (Å²) in [6, 6.07) is 16.1. The normalized spacial score (nSPS) is 11.3. The van der Waals surface area contributed by atoms with Crippen LogP contribution in [0, 0.1) is 6.92 Å². The van der Waals surface area contributed by atoms with E-state index in [9.17, 15) is 13.2 Å². The van der Waals surface area contributed by atoms with Gasteiger partial charge < -0.3 is 4.42 Å². The van der Waals surface area contributed by atoms with E-state index in [4.69, 9.17) is 4.42 Å². The lowest BCUT2D eigenvalue weighted by Gasteiger charge is -2.04. The minimum atomic E-state index is -3.39. The van der Waals surface area contributed by atoms with E-state index < -0.39 is 9.84 Å². The number of hydrogen-bond acceptors (Lipinski definition) is 6. The Morgan fingerprint density at radius 2 is 1.75 bits per heavy atom. The highest BCUT2D eigenvalue weighted by molar-refractivity contribution is 7.91. The van der Waals surface area contributed by atoms with Gasteiger partial charge in [0, 0.05) is 6.42 Å². The molecule has 0 radical (unpaired) electrons. The maximum Gasteiger partial charge on any atom is 0.322 e. The van der Waals surface area contributed by atoms with Gasteiger partial charge in [-0.15, -0.1) is 5.10 Å². The molecule has 3 rings (SSSR count). The molecule has 0 aliphatic carbocycles. The first kappa shape index (κ1) is 19.8. The molecule has 1 N–H and O–H groups in total. The van der Waals surface area contributed by atoms with Crippen molar-refractivity contribution in [3.8, 4) is 0 Å². The zero-order chi connectivity index (χ0) is 20.0. The molecule has 0 unspecified atom stereocenters. The lowest BCUT2D eigenvalue weighted by Crippen LogP contribution is -2.14. The minimum Gasteiger partial charge on any atom is -0.407 e. The van der Waals surface area contributed by atoms with Gasteiger partial charge in [0.2, 0.25) is 11.8 Å². The smallest absolute Gasteiger partial charge is 0.322 e. The summed E-state index contributed by atoms with van der Waals surface area (Å²) in [5, 5.41) is 10.2. The molecule has 7 nitrogen and oxygen atoms in total. The van der Waals surface area contributed by atoms with Crippen LogP contribution < -0.4 is 5.32 Å². The SMILES string of the molecule is Cc1ccc(Cc2nnc(NC(=O)CCCS(=O)(=O)c3ccccc3)o2)cc1.